The Hall–Kier alpha value is -2.36. The van der Waals surface area contributed by atoms with E-state index in [1.165, 1.54) is 6.42 Å². The van der Waals surface area contributed by atoms with Gasteiger partial charge in [-0.05, 0) is 37.0 Å². The number of nitrogens with zero attached hydrogens (tertiary/aromatic N) is 1. The summed E-state index contributed by atoms with van der Waals surface area (Å²) < 4.78 is -0.754. The quantitative estimate of drug-likeness (QED) is 0.406. The lowest BCUT2D eigenvalue weighted by atomic mass is 9.70. The Labute approximate surface area is 241 Å². The predicted octanol–water partition coefficient (Wildman–Crippen LogP) is 4.27. The van der Waals surface area contributed by atoms with E-state index in [0.29, 0.717) is 12.1 Å². The van der Waals surface area contributed by atoms with Gasteiger partial charge in [0.2, 0.25) is 17.7 Å². The number of anilines is 1. The van der Waals surface area contributed by atoms with E-state index < -0.39 is 28.7 Å². The molecule has 1 aliphatic carbocycles. The molecular weight excluding hydrogens is 578 g/mol. The molecule has 3 heterocycles. The molecule has 7 atom stereocenters. The fraction of sp³-hybridized carbons (Fsp3) is 0.500. The maximum Gasteiger partial charge on any atom is 0.244 e. The lowest BCUT2D eigenvalue weighted by molar-refractivity contribution is -0.142. The first kappa shape index (κ1) is 26.8. The second-order valence-corrected chi connectivity index (χ2v) is 13.9. The maximum atomic E-state index is 14.5. The maximum absolute atomic E-state index is 14.5. The van der Waals surface area contributed by atoms with Gasteiger partial charge in [-0.15, -0.1) is 11.8 Å². The number of aliphatic hydroxyl groups excluding tert-OH is 1. The molecule has 206 valence electrons. The van der Waals surface area contributed by atoms with E-state index in [1.54, 1.807) is 16.7 Å². The molecule has 6 rings (SSSR count). The summed E-state index contributed by atoms with van der Waals surface area (Å²) in [5, 5.41) is 16.8. The summed E-state index contributed by atoms with van der Waals surface area (Å²) in [6.07, 6.45) is 5.82. The number of alkyl halides is 1. The zero-order valence-electron chi connectivity index (χ0n) is 21.7. The van der Waals surface area contributed by atoms with E-state index in [0.717, 1.165) is 31.2 Å². The number of amides is 3. The van der Waals surface area contributed by atoms with E-state index in [-0.39, 0.29) is 40.4 Å². The van der Waals surface area contributed by atoms with Gasteiger partial charge in [0.25, 0.3) is 0 Å². The highest BCUT2D eigenvalue weighted by Crippen LogP contribution is 2.68. The first-order valence-corrected chi connectivity index (χ1v) is 15.7. The molecule has 3 aliphatic heterocycles. The molecular formula is C30H34BrN3O4S. The number of hydrogen-bond donors (Lipinski definition) is 3. The Morgan fingerprint density at radius 1 is 1.03 bits per heavy atom. The summed E-state index contributed by atoms with van der Waals surface area (Å²) in [7, 11) is 0. The number of fused-ring (bicyclic) bond motifs is 1. The fourth-order valence-corrected chi connectivity index (χ4v) is 10.9. The number of thioether (sulfide) groups is 1. The molecule has 3 unspecified atom stereocenters. The molecule has 2 bridgehead atoms. The van der Waals surface area contributed by atoms with Gasteiger partial charge in [0, 0.05) is 21.8 Å². The van der Waals surface area contributed by atoms with Crippen molar-refractivity contribution in [2.45, 2.75) is 71.5 Å². The number of para-hydroxylation sites is 1. The van der Waals surface area contributed by atoms with Crippen LogP contribution in [-0.2, 0) is 14.4 Å². The molecule has 0 aromatic heterocycles. The SMILES string of the molecule is O=C(NC1CCCCC1)C1N([C@H](CO)c2ccccc2)C(=O)[C@@H]2[C@H](C(=O)Nc3ccccc3)[C@H]3SC12CC3Br. The lowest BCUT2D eigenvalue weighted by Gasteiger charge is -2.38. The second-order valence-electron chi connectivity index (χ2n) is 11.2. The average molecular weight is 613 g/mol. The van der Waals surface area contributed by atoms with Crippen molar-refractivity contribution >= 4 is 51.1 Å². The third kappa shape index (κ3) is 4.60. The predicted molar refractivity (Wildman–Crippen MR) is 155 cm³/mol. The zero-order valence-corrected chi connectivity index (χ0v) is 24.1. The Balaban J connectivity index is 1.39. The molecule has 1 saturated carbocycles. The minimum atomic E-state index is -0.779. The first-order valence-electron chi connectivity index (χ1n) is 13.9. The van der Waals surface area contributed by atoms with Crippen molar-refractivity contribution in [1.82, 2.24) is 10.2 Å². The number of aliphatic hydroxyl groups is 1. The first-order chi connectivity index (χ1) is 18.9. The number of benzene rings is 2. The Bertz CT molecular complexity index is 1230. The topological polar surface area (TPSA) is 98.7 Å². The van der Waals surface area contributed by atoms with Crippen LogP contribution in [-0.4, -0.2) is 61.2 Å². The van der Waals surface area contributed by atoms with Crippen LogP contribution in [0.2, 0.25) is 0 Å². The van der Waals surface area contributed by atoms with Gasteiger partial charge >= 0.3 is 0 Å². The highest BCUT2D eigenvalue weighted by molar-refractivity contribution is 9.09. The molecule has 4 fully saturated rings. The van der Waals surface area contributed by atoms with Crippen LogP contribution in [0.5, 0.6) is 0 Å². The minimum absolute atomic E-state index is 0.00712. The van der Waals surface area contributed by atoms with Crippen molar-refractivity contribution in [3.8, 4) is 0 Å². The number of carbonyl (C=O) groups is 3. The Morgan fingerprint density at radius 3 is 2.36 bits per heavy atom. The van der Waals surface area contributed by atoms with Crippen molar-refractivity contribution in [2.24, 2.45) is 11.8 Å². The van der Waals surface area contributed by atoms with Gasteiger partial charge in [0.15, 0.2) is 0 Å². The number of hydrogen-bond acceptors (Lipinski definition) is 5. The molecule has 3 saturated heterocycles. The van der Waals surface area contributed by atoms with Crippen molar-refractivity contribution in [2.75, 3.05) is 11.9 Å². The van der Waals surface area contributed by atoms with Crippen LogP contribution in [0.1, 0.15) is 50.1 Å². The summed E-state index contributed by atoms with van der Waals surface area (Å²) in [4.78, 5) is 44.0. The van der Waals surface area contributed by atoms with Crippen LogP contribution in [0.3, 0.4) is 0 Å². The Morgan fingerprint density at radius 2 is 1.69 bits per heavy atom. The van der Waals surface area contributed by atoms with Gasteiger partial charge in [0.1, 0.15) is 6.04 Å². The van der Waals surface area contributed by atoms with Gasteiger partial charge in [0.05, 0.1) is 29.2 Å². The fourth-order valence-electron chi connectivity index (χ4n) is 7.31. The van der Waals surface area contributed by atoms with Gasteiger partial charge < -0.3 is 20.6 Å². The van der Waals surface area contributed by atoms with E-state index >= 15 is 0 Å². The Kier molecular flexibility index (Phi) is 7.50. The molecule has 0 radical (unpaired) electrons. The van der Waals surface area contributed by atoms with Crippen molar-refractivity contribution < 1.29 is 19.5 Å². The molecule has 2 aromatic carbocycles. The summed E-state index contributed by atoms with van der Waals surface area (Å²) >= 11 is 5.44. The van der Waals surface area contributed by atoms with Gasteiger partial charge in [-0.2, -0.15) is 0 Å². The van der Waals surface area contributed by atoms with Crippen LogP contribution >= 0.6 is 27.7 Å². The number of rotatable bonds is 7. The largest absolute Gasteiger partial charge is 0.394 e. The molecule has 9 heteroatoms. The van der Waals surface area contributed by atoms with E-state index in [1.807, 2.05) is 60.7 Å². The summed E-state index contributed by atoms with van der Waals surface area (Å²) in [6.45, 7) is -0.307. The smallest absolute Gasteiger partial charge is 0.244 e. The number of carbonyl (C=O) groups excluding carboxylic acids is 3. The van der Waals surface area contributed by atoms with E-state index in [9.17, 15) is 19.5 Å². The molecule has 39 heavy (non-hydrogen) atoms. The van der Waals surface area contributed by atoms with Crippen LogP contribution in [0, 0.1) is 11.8 Å². The molecule has 7 nitrogen and oxygen atoms in total. The normalized spacial score (nSPS) is 32.6. The number of halogens is 1. The van der Waals surface area contributed by atoms with Crippen molar-refractivity contribution in [1.29, 1.82) is 0 Å². The van der Waals surface area contributed by atoms with Crippen LogP contribution in [0.4, 0.5) is 5.69 Å². The molecule has 3 N–H and O–H groups in total. The van der Waals surface area contributed by atoms with Gasteiger partial charge in [-0.3, -0.25) is 14.4 Å². The number of nitrogens with one attached hydrogen (secondary N) is 2. The van der Waals surface area contributed by atoms with Gasteiger partial charge in [-0.1, -0.05) is 83.7 Å². The average Bonchev–Trinajstić information content (AvgIpc) is 3.54. The molecule has 3 amide bonds. The zero-order chi connectivity index (χ0) is 27.1. The summed E-state index contributed by atoms with van der Waals surface area (Å²) in [5.74, 6) is -1.82. The van der Waals surface area contributed by atoms with Crippen molar-refractivity contribution in [3.05, 3.63) is 66.2 Å². The molecule has 2 aromatic rings. The summed E-state index contributed by atoms with van der Waals surface area (Å²) in [6, 6.07) is 17.3. The van der Waals surface area contributed by atoms with E-state index in [4.69, 9.17) is 0 Å². The monoisotopic (exact) mass is 611 g/mol. The number of likely N-dealkylation sites (tertiary alicyclic amines) is 1. The third-order valence-electron chi connectivity index (χ3n) is 8.96. The van der Waals surface area contributed by atoms with E-state index in [2.05, 4.69) is 26.6 Å². The highest BCUT2D eigenvalue weighted by atomic mass is 79.9. The highest BCUT2D eigenvalue weighted by Gasteiger charge is 2.76. The van der Waals surface area contributed by atoms with Crippen molar-refractivity contribution in [3.63, 3.8) is 0 Å². The molecule has 4 aliphatic rings. The second kappa shape index (κ2) is 10.9. The molecule has 1 spiro atoms. The standard InChI is InChI=1S/C30H34BrN3O4S/c31-21-16-30-24(23(25(21)39-30)27(36)32-19-12-6-2-7-13-19)29(38)34(22(17-35)18-10-4-1-5-11-18)26(30)28(37)33-20-14-8-3-9-15-20/h1-2,4-7,10-13,20-26,35H,3,8-9,14-17H2,(H,32,36)(H,33,37)/t21?,22-,23+,24+,25+,26?,30?/m1/s1. The minimum Gasteiger partial charge on any atom is -0.394 e. The summed E-state index contributed by atoms with van der Waals surface area (Å²) in [5.41, 5.74) is 1.46. The van der Waals surface area contributed by atoms with Gasteiger partial charge in [-0.25, -0.2) is 0 Å². The van der Waals surface area contributed by atoms with Crippen LogP contribution in [0.15, 0.2) is 60.7 Å². The van der Waals surface area contributed by atoms with Crippen LogP contribution in [0.25, 0.3) is 0 Å². The third-order valence-corrected chi connectivity index (χ3v) is 12.2. The van der Waals surface area contributed by atoms with Crippen LogP contribution < -0.4 is 10.6 Å². The lowest BCUT2D eigenvalue weighted by Crippen LogP contribution is -2.57.